The second-order valence-electron chi connectivity index (χ2n) is 8.96. The van der Waals surface area contributed by atoms with E-state index in [0.29, 0.717) is 34.4 Å². The maximum atomic E-state index is 14.7. The summed E-state index contributed by atoms with van der Waals surface area (Å²) in [6.07, 6.45) is -5.07. The monoisotopic (exact) mass is 536 g/mol. The molecule has 3 aromatic heterocycles. The number of fused-ring (bicyclic) bond motifs is 1. The molecule has 8 nitrogen and oxygen atoms in total. The second-order valence-corrected chi connectivity index (χ2v) is 9.91. The van der Waals surface area contributed by atoms with E-state index in [-0.39, 0.29) is 36.4 Å². The third-order valence-electron chi connectivity index (χ3n) is 6.21. The molecular weight excluding hydrogens is 512 g/mol. The maximum absolute atomic E-state index is 14.7. The molecule has 1 amide bonds. The van der Waals surface area contributed by atoms with Crippen LogP contribution in [0.5, 0.6) is 0 Å². The zero-order valence-corrected chi connectivity index (χ0v) is 20.6. The van der Waals surface area contributed by atoms with E-state index in [0.717, 1.165) is 4.57 Å². The molecule has 4 heterocycles. The predicted octanol–water partition coefficient (Wildman–Crippen LogP) is 4.70. The largest absolute Gasteiger partial charge is 0.406 e. The van der Waals surface area contributed by atoms with Gasteiger partial charge in [-0.3, -0.25) is 4.79 Å². The van der Waals surface area contributed by atoms with E-state index in [9.17, 15) is 22.4 Å². The summed E-state index contributed by atoms with van der Waals surface area (Å²) in [5.41, 5.74) is 0.899. The van der Waals surface area contributed by atoms with Gasteiger partial charge < -0.3 is 24.6 Å². The van der Waals surface area contributed by atoms with Crippen LogP contribution in [-0.2, 0) is 13.1 Å². The molecule has 1 aliphatic rings. The number of anilines is 1. The molecule has 1 fully saturated rings. The first-order valence-electron chi connectivity index (χ1n) is 11.6. The van der Waals surface area contributed by atoms with E-state index in [1.807, 2.05) is 11.9 Å². The number of thiophene rings is 1. The minimum absolute atomic E-state index is 0.0550. The number of hydrogen-bond donors (Lipinski definition) is 2. The molecule has 37 heavy (non-hydrogen) atoms. The summed E-state index contributed by atoms with van der Waals surface area (Å²) in [6, 6.07) is 9.40. The van der Waals surface area contributed by atoms with Crippen molar-refractivity contribution in [3.63, 3.8) is 0 Å². The van der Waals surface area contributed by atoms with Crippen LogP contribution in [0.25, 0.3) is 22.5 Å². The number of aromatic nitrogens is 3. The Morgan fingerprint density at radius 1 is 1.27 bits per heavy atom. The number of nitrogens with zero attached hydrogens (tertiary/aromatic N) is 4. The Hall–Kier alpha value is -3.45. The fraction of sp³-hybridized carbons (Fsp3) is 0.375. The molecule has 0 radical (unpaired) electrons. The highest BCUT2D eigenvalue weighted by molar-refractivity contribution is 7.12. The Labute approximate surface area is 213 Å². The molecule has 5 rings (SSSR count). The molecule has 1 saturated heterocycles. The average molecular weight is 537 g/mol. The second kappa shape index (κ2) is 10.1. The minimum Gasteiger partial charge on any atom is -0.379 e. The van der Waals surface area contributed by atoms with Crippen molar-refractivity contribution >= 4 is 33.8 Å². The van der Waals surface area contributed by atoms with Gasteiger partial charge in [0, 0.05) is 24.2 Å². The van der Waals surface area contributed by atoms with Crippen molar-refractivity contribution < 1.29 is 26.9 Å². The van der Waals surface area contributed by atoms with Crippen LogP contribution in [0.1, 0.15) is 21.9 Å². The van der Waals surface area contributed by atoms with E-state index in [1.165, 1.54) is 17.4 Å². The van der Waals surface area contributed by atoms with Gasteiger partial charge in [0.1, 0.15) is 18.4 Å². The Morgan fingerprint density at radius 3 is 2.84 bits per heavy atom. The molecule has 13 heteroatoms. The Bertz CT molecular complexity index is 1380. The van der Waals surface area contributed by atoms with Crippen LogP contribution in [0.3, 0.4) is 0 Å². The van der Waals surface area contributed by atoms with Crippen molar-refractivity contribution in [2.75, 3.05) is 25.5 Å². The van der Waals surface area contributed by atoms with Gasteiger partial charge in [0.05, 0.1) is 23.0 Å². The highest BCUT2D eigenvalue weighted by Crippen LogP contribution is 2.35. The number of alkyl halides is 4. The van der Waals surface area contributed by atoms with Gasteiger partial charge in [-0.1, -0.05) is 17.3 Å². The molecule has 1 aliphatic heterocycles. The van der Waals surface area contributed by atoms with Gasteiger partial charge in [-0.25, -0.2) is 4.39 Å². The van der Waals surface area contributed by atoms with Crippen LogP contribution in [0.15, 0.2) is 46.3 Å². The lowest BCUT2D eigenvalue weighted by molar-refractivity contribution is -0.139. The number of rotatable bonds is 7. The smallest absolute Gasteiger partial charge is 0.379 e. The third-order valence-corrected chi connectivity index (χ3v) is 7.08. The Balaban J connectivity index is 1.45. The zero-order chi connectivity index (χ0) is 26.2. The number of hydrogen-bond acceptors (Lipinski definition) is 7. The molecule has 2 N–H and O–H groups in total. The van der Waals surface area contributed by atoms with Crippen molar-refractivity contribution in [2.45, 2.75) is 37.9 Å². The zero-order valence-electron chi connectivity index (χ0n) is 19.8. The summed E-state index contributed by atoms with van der Waals surface area (Å²) in [5.74, 6) is -0.313. The van der Waals surface area contributed by atoms with Crippen molar-refractivity contribution in [1.29, 1.82) is 0 Å². The van der Waals surface area contributed by atoms with Crippen molar-refractivity contribution in [3.05, 3.63) is 52.5 Å². The number of piperidine rings is 1. The van der Waals surface area contributed by atoms with Crippen LogP contribution < -0.4 is 10.6 Å². The Kier molecular flexibility index (Phi) is 6.90. The van der Waals surface area contributed by atoms with E-state index < -0.39 is 24.9 Å². The van der Waals surface area contributed by atoms with Gasteiger partial charge in [0.15, 0.2) is 5.82 Å². The lowest BCUT2D eigenvalue weighted by Gasteiger charge is -2.33. The van der Waals surface area contributed by atoms with Crippen molar-refractivity contribution in [1.82, 2.24) is 24.9 Å². The van der Waals surface area contributed by atoms with Gasteiger partial charge in [0.25, 0.3) is 11.8 Å². The number of nitrogens with one attached hydrogen (secondary N) is 2. The molecule has 0 aliphatic carbocycles. The van der Waals surface area contributed by atoms with Crippen LogP contribution in [-0.4, -0.2) is 64.0 Å². The van der Waals surface area contributed by atoms with Crippen LogP contribution in [0.2, 0.25) is 0 Å². The molecule has 196 valence electrons. The van der Waals surface area contributed by atoms with E-state index in [1.54, 1.807) is 35.7 Å². The molecule has 0 saturated carbocycles. The van der Waals surface area contributed by atoms with Crippen LogP contribution >= 0.6 is 11.3 Å². The topological polar surface area (TPSA) is 88.2 Å². The molecule has 0 bridgehead atoms. The number of benzene rings is 1. The van der Waals surface area contributed by atoms with Gasteiger partial charge in [-0.15, -0.1) is 11.3 Å². The lowest BCUT2D eigenvalue weighted by Crippen LogP contribution is -2.46. The summed E-state index contributed by atoms with van der Waals surface area (Å²) in [4.78, 5) is 18.8. The van der Waals surface area contributed by atoms with Gasteiger partial charge >= 0.3 is 6.18 Å². The third kappa shape index (κ3) is 5.62. The standard InChI is InChI=1S/C24H24F4N6O2S/c1-33-8-7-17(15(25)12-33)30-16-4-2-5-18-14(16)10-19(34(18)13-24(26,27)28)23-31-21(32-36-23)11-29-22(35)20-6-3-9-37-20/h2-6,9-10,15,17,30H,7-8,11-13H2,1H3,(H,29,35)/t15-,17+/m0/s1. The van der Waals surface area contributed by atoms with Gasteiger partial charge in [0.2, 0.25) is 0 Å². The number of likely N-dealkylation sites (tertiary alicyclic amines) is 1. The number of carbonyl (C=O) groups excluding carboxylic acids is 1. The van der Waals surface area contributed by atoms with E-state index in [4.69, 9.17) is 4.52 Å². The lowest BCUT2D eigenvalue weighted by atomic mass is 10.0. The highest BCUT2D eigenvalue weighted by atomic mass is 32.1. The molecule has 0 spiro atoms. The fourth-order valence-electron chi connectivity index (χ4n) is 4.44. The molecule has 0 unspecified atom stereocenters. The summed E-state index contributed by atoms with van der Waals surface area (Å²) in [7, 11) is 1.85. The molecule has 4 aromatic rings. The molecule has 1 aromatic carbocycles. The van der Waals surface area contributed by atoms with Gasteiger partial charge in [-0.05, 0) is 43.1 Å². The quantitative estimate of drug-likeness (QED) is 0.333. The van der Waals surface area contributed by atoms with Crippen molar-refractivity contribution in [3.8, 4) is 11.6 Å². The normalized spacial score (nSPS) is 18.8. The first kappa shape index (κ1) is 25.2. The van der Waals surface area contributed by atoms with Crippen LogP contribution in [0.4, 0.5) is 23.2 Å². The highest BCUT2D eigenvalue weighted by Gasteiger charge is 2.32. The summed E-state index contributed by atoms with van der Waals surface area (Å²) in [5, 5.41) is 11.9. The Morgan fingerprint density at radius 2 is 2.11 bits per heavy atom. The molecular formula is C24H24F4N6O2S. The predicted molar refractivity (Wildman–Crippen MR) is 131 cm³/mol. The number of amides is 1. The fourth-order valence-corrected chi connectivity index (χ4v) is 5.08. The van der Waals surface area contributed by atoms with Crippen LogP contribution in [0, 0.1) is 0 Å². The average Bonchev–Trinajstić information content (AvgIpc) is 3.59. The number of halogens is 4. The SMILES string of the molecule is CN1CC[C@@H](Nc2cccc3c2cc(-c2nc(CNC(=O)c4cccs4)no2)n3CC(F)(F)F)[C@@H](F)C1. The van der Waals surface area contributed by atoms with E-state index in [2.05, 4.69) is 20.8 Å². The number of carbonyl (C=O) groups is 1. The van der Waals surface area contributed by atoms with Crippen molar-refractivity contribution in [2.24, 2.45) is 0 Å². The molecule has 2 atom stereocenters. The first-order chi connectivity index (χ1) is 17.7. The minimum atomic E-state index is -4.51. The summed E-state index contributed by atoms with van der Waals surface area (Å²) >= 11 is 1.27. The summed E-state index contributed by atoms with van der Waals surface area (Å²) < 4.78 is 61.7. The van der Waals surface area contributed by atoms with Gasteiger partial charge in [-0.2, -0.15) is 18.2 Å². The maximum Gasteiger partial charge on any atom is 0.406 e. The first-order valence-corrected chi connectivity index (χ1v) is 12.5. The van der Waals surface area contributed by atoms with E-state index >= 15 is 0 Å². The summed E-state index contributed by atoms with van der Waals surface area (Å²) in [6.45, 7) is -0.341.